The largest absolute Gasteiger partial charge is 0.364 e. The molecule has 1 heterocycles. The third-order valence-corrected chi connectivity index (χ3v) is 3.20. The number of halogens is 1. The van der Waals surface area contributed by atoms with E-state index in [1.807, 2.05) is 0 Å². The molecule has 1 aromatic heterocycles. The van der Waals surface area contributed by atoms with Crippen molar-refractivity contribution in [1.82, 2.24) is 10.5 Å². The summed E-state index contributed by atoms with van der Waals surface area (Å²) in [6.45, 7) is 2.86. The fraction of sp³-hybridized carbons (Fsp3) is 0.600. The Morgan fingerprint density at radius 1 is 1.73 bits per heavy atom. The highest BCUT2D eigenvalue weighted by atomic mass is 79.9. The van der Waals surface area contributed by atoms with Crippen molar-refractivity contribution in [2.24, 2.45) is 5.92 Å². The Labute approximate surface area is 97.5 Å². The second-order valence-electron chi connectivity index (χ2n) is 3.54. The predicted molar refractivity (Wildman–Crippen MR) is 61.0 cm³/mol. The second-order valence-corrected chi connectivity index (χ2v) is 4.19. The first-order valence-corrected chi connectivity index (χ1v) is 6.10. The summed E-state index contributed by atoms with van der Waals surface area (Å²) < 4.78 is 4.58. The lowest BCUT2D eigenvalue weighted by Gasteiger charge is -2.07. The number of aromatic nitrogens is 1. The van der Waals surface area contributed by atoms with Gasteiger partial charge >= 0.3 is 0 Å². The zero-order valence-electron chi connectivity index (χ0n) is 8.70. The standard InChI is InChI=1S/C10H15BrN2O2/c1-8(7-11)3-2-5-12-10(14)9-4-6-15-13-9/h4,6,8H,2-3,5,7H2,1H3,(H,12,14). The van der Waals surface area contributed by atoms with Gasteiger partial charge in [-0.05, 0) is 18.8 Å². The summed E-state index contributed by atoms with van der Waals surface area (Å²) in [5.41, 5.74) is 0.337. The summed E-state index contributed by atoms with van der Waals surface area (Å²) in [4.78, 5) is 11.4. The molecule has 1 unspecified atom stereocenters. The summed E-state index contributed by atoms with van der Waals surface area (Å²) in [6, 6.07) is 1.55. The highest BCUT2D eigenvalue weighted by molar-refractivity contribution is 9.09. The molecule has 1 aromatic rings. The molecule has 0 radical (unpaired) electrons. The van der Waals surface area contributed by atoms with Crippen LogP contribution < -0.4 is 5.32 Å². The Morgan fingerprint density at radius 3 is 3.13 bits per heavy atom. The molecular formula is C10H15BrN2O2. The molecule has 1 N–H and O–H groups in total. The summed E-state index contributed by atoms with van der Waals surface area (Å²) >= 11 is 3.42. The van der Waals surface area contributed by atoms with Crippen LogP contribution in [0.5, 0.6) is 0 Å². The number of hydrogen-bond acceptors (Lipinski definition) is 3. The van der Waals surface area contributed by atoms with E-state index in [9.17, 15) is 4.79 Å². The zero-order valence-corrected chi connectivity index (χ0v) is 10.3. The molecule has 84 valence electrons. The van der Waals surface area contributed by atoms with E-state index in [0.29, 0.717) is 18.2 Å². The SMILES string of the molecule is CC(CBr)CCCNC(=O)c1ccon1. The summed E-state index contributed by atoms with van der Waals surface area (Å²) in [5, 5.41) is 7.34. The van der Waals surface area contributed by atoms with Gasteiger partial charge in [0.1, 0.15) is 6.26 Å². The van der Waals surface area contributed by atoms with Crippen molar-refractivity contribution < 1.29 is 9.32 Å². The van der Waals surface area contributed by atoms with Crippen LogP contribution in [-0.4, -0.2) is 22.9 Å². The van der Waals surface area contributed by atoms with Gasteiger partial charge in [-0.3, -0.25) is 4.79 Å². The van der Waals surface area contributed by atoms with E-state index < -0.39 is 0 Å². The molecule has 4 nitrogen and oxygen atoms in total. The zero-order chi connectivity index (χ0) is 11.1. The third kappa shape index (κ3) is 4.46. The van der Waals surface area contributed by atoms with E-state index in [1.165, 1.54) is 6.26 Å². The topological polar surface area (TPSA) is 55.1 Å². The third-order valence-electron chi connectivity index (χ3n) is 2.09. The molecular weight excluding hydrogens is 260 g/mol. The predicted octanol–water partition coefficient (Wildman–Crippen LogP) is 2.22. The van der Waals surface area contributed by atoms with Gasteiger partial charge in [-0.1, -0.05) is 28.0 Å². The lowest BCUT2D eigenvalue weighted by molar-refractivity contribution is 0.0943. The van der Waals surface area contributed by atoms with Gasteiger partial charge in [0, 0.05) is 17.9 Å². The summed E-state index contributed by atoms with van der Waals surface area (Å²) in [5.74, 6) is 0.476. The molecule has 0 saturated carbocycles. The van der Waals surface area contributed by atoms with Crippen LogP contribution in [0.2, 0.25) is 0 Å². The van der Waals surface area contributed by atoms with Crippen molar-refractivity contribution >= 4 is 21.8 Å². The molecule has 0 fully saturated rings. The van der Waals surface area contributed by atoms with Crippen LogP contribution in [0.15, 0.2) is 16.9 Å². The molecule has 0 aliphatic rings. The van der Waals surface area contributed by atoms with Crippen LogP contribution in [0.3, 0.4) is 0 Å². The number of nitrogens with zero attached hydrogens (tertiary/aromatic N) is 1. The van der Waals surface area contributed by atoms with Crippen molar-refractivity contribution in [3.05, 3.63) is 18.0 Å². The minimum Gasteiger partial charge on any atom is -0.364 e. The van der Waals surface area contributed by atoms with Gasteiger partial charge in [-0.25, -0.2) is 0 Å². The van der Waals surface area contributed by atoms with Gasteiger partial charge in [0.25, 0.3) is 5.91 Å². The van der Waals surface area contributed by atoms with E-state index in [-0.39, 0.29) is 5.91 Å². The van der Waals surface area contributed by atoms with E-state index in [4.69, 9.17) is 0 Å². The second kappa shape index (κ2) is 6.61. The molecule has 0 spiro atoms. The van der Waals surface area contributed by atoms with Crippen molar-refractivity contribution in [3.63, 3.8) is 0 Å². The quantitative estimate of drug-likeness (QED) is 0.639. The molecule has 5 heteroatoms. The molecule has 1 rings (SSSR count). The first kappa shape index (κ1) is 12.2. The Balaban J connectivity index is 2.13. The van der Waals surface area contributed by atoms with E-state index in [0.717, 1.165) is 18.2 Å². The van der Waals surface area contributed by atoms with Crippen LogP contribution in [-0.2, 0) is 0 Å². The molecule has 0 aliphatic carbocycles. The maximum absolute atomic E-state index is 11.4. The smallest absolute Gasteiger partial charge is 0.273 e. The number of amides is 1. The van der Waals surface area contributed by atoms with E-state index >= 15 is 0 Å². The molecule has 0 bridgehead atoms. The first-order chi connectivity index (χ1) is 7.24. The maximum Gasteiger partial charge on any atom is 0.273 e. The molecule has 0 aromatic carbocycles. The lowest BCUT2D eigenvalue weighted by atomic mass is 10.1. The average molecular weight is 275 g/mol. The monoisotopic (exact) mass is 274 g/mol. The minimum atomic E-state index is -0.171. The molecule has 0 saturated heterocycles. The van der Waals surface area contributed by atoms with Crippen molar-refractivity contribution in [2.45, 2.75) is 19.8 Å². The lowest BCUT2D eigenvalue weighted by Crippen LogP contribution is -2.25. The Morgan fingerprint density at radius 2 is 2.53 bits per heavy atom. The highest BCUT2D eigenvalue weighted by Crippen LogP contribution is 2.07. The van der Waals surface area contributed by atoms with Crippen molar-refractivity contribution in [2.75, 3.05) is 11.9 Å². The number of hydrogen-bond donors (Lipinski definition) is 1. The van der Waals surface area contributed by atoms with Gasteiger partial charge in [0.15, 0.2) is 5.69 Å². The Kier molecular flexibility index (Phi) is 5.39. The van der Waals surface area contributed by atoms with Gasteiger partial charge in [-0.15, -0.1) is 0 Å². The molecule has 15 heavy (non-hydrogen) atoms. The van der Waals surface area contributed by atoms with Crippen LogP contribution in [0.1, 0.15) is 30.3 Å². The Bertz CT molecular complexity index is 288. The normalized spacial score (nSPS) is 12.4. The first-order valence-electron chi connectivity index (χ1n) is 4.98. The van der Waals surface area contributed by atoms with Crippen molar-refractivity contribution in [1.29, 1.82) is 0 Å². The fourth-order valence-electron chi connectivity index (χ4n) is 1.15. The number of carbonyl (C=O) groups is 1. The summed E-state index contributed by atoms with van der Waals surface area (Å²) in [6.07, 6.45) is 3.47. The van der Waals surface area contributed by atoms with Gasteiger partial charge in [0.2, 0.25) is 0 Å². The van der Waals surface area contributed by atoms with Crippen LogP contribution in [0, 0.1) is 5.92 Å². The van der Waals surface area contributed by atoms with Gasteiger partial charge in [-0.2, -0.15) is 0 Å². The van der Waals surface area contributed by atoms with E-state index in [1.54, 1.807) is 6.07 Å². The molecule has 1 amide bonds. The average Bonchev–Trinajstić information content (AvgIpc) is 2.77. The Hall–Kier alpha value is -0.840. The van der Waals surface area contributed by atoms with Crippen LogP contribution >= 0.6 is 15.9 Å². The van der Waals surface area contributed by atoms with Crippen LogP contribution in [0.25, 0.3) is 0 Å². The molecule has 0 aliphatic heterocycles. The number of rotatable bonds is 6. The van der Waals surface area contributed by atoms with E-state index in [2.05, 4.69) is 37.9 Å². The number of alkyl halides is 1. The highest BCUT2D eigenvalue weighted by Gasteiger charge is 2.07. The van der Waals surface area contributed by atoms with Crippen molar-refractivity contribution in [3.8, 4) is 0 Å². The van der Waals surface area contributed by atoms with Gasteiger partial charge in [0.05, 0.1) is 0 Å². The van der Waals surface area contributed by atoms with Crippen LogP contribution in [0.4, 0.5) is 0 Å². The fourth-order valence-corrected chi connectivity index (χ4v) is 1.47. The van der Waals surface area contributed by atoms with Gasteiger partial charge < -0.3 is 9.84 Å². The molecule has 1 atom stereocenters. The maximum atomic E-state index is 11.4. The number of carbonyl (C=O) groups excluding carboxylic acids is 1. The summed E-state index contributed by atoms with van der Waals surface area (Å²) in [7, 11) is 0. The minimum absolute atomic E-state index is 0.171. The number of nitrogens with one attached hydrogen (secondary N) is 1.